The van der Waals surface area contributed by atoms with Crippen LogP contribution < -0.4 is 19.7 Å². The molecular formula is C24H24N2O3S. The van der Waals surface area contributed by atoms with Gasteiger partial charge in [0.2, 0.25) is 0 Å². The number of amides is 1. The van der Waals surface area contributed by atoms with Gasteiger partial charge in [-0.2, -0.15) is 0 Å². The molecule has 0 radical (unpaired) electrons. The lowest BCUT2D eigenvalue weighted by molar-refractivity contribution is 0.0977. The second kappa shape index (κ2) is 11.0. The van der Waals surface area contributed by atoms with Crippen molar-refractivity contribution in [1.82, 2.24) is 5.32 Å². The molecule has 3 aromatic rings. The van der Waals surface area contributed by atoms with E-state index in [1.165, 1.54) is 0 Å². The van der Waals surface area contributed by atoms with Gasteiger partial charge in [-0.15, -0.1) is 0 Å². The number of benzene rings is 3. The van der Waals surface area contributed by atoms with Crippen molar-refractivity contribution >= 4 is 28.9 Å². The van der Waals surface area contributed by atoms with Gasteiger partial charge in [0, 0.05) is 17.8 Å². The standard InChI is InChI=1S/C24H24N2O3S/c1-2-26(20-9-5-3-6-10-20)24(30)25-23(27)19-13-15-22(16-14-19)29-18-17-28-21-11-7-4-8-12-21/h3-16H,2,17-18H2,1H3,(H,25,27,30). The molecule has 0 saturated carbocycles. The molecule has 0 spiro atoms. The number of carbonyl (C=O) groups is 1. The third-order valence-corrected chi connectivity index (χ3v) is 4.65. The maximum atomic E-state index is 12.5. The number of carbonyl (C=O) groups excluding carboxylic acids is 1. The van der Waals surface area contributed by atoms with Gasteiger partial charge in [0.1, 0.15) is 24.7 Å². The van der Waals surface area contributed by atoms with Crippen molar-refractivity contribution in [3.05, 3.63) is 90.5 Å². The highest BCUT2D eigenvalue weighted by Crippen LogP contribution is 2.15. The molecule has 6 heteroatoms. The molecule has 3 aromatic carbocycles. The summed E-state index contributed by atoms with van der Waals surface area (Å²) in [6.45, 7) is 3.49. The zero-order valence-corrected chi connectivity index (χ0v) is 17.6. The molecule has 154 valence electrons. The van der Waals surface area contributed by atoms with Gasteiger partial charge in [-0.25, -0.2) is 0 Å². The van der Waals surface area contributed by atoms with Gasteiger partial charge in [0.25, 0.3) is 5.91 Å². The number of thiocarbonyl (C=S) groups is 1. The van der Waals surface area contributed by atoms with E-state index in [1.807, 2.05) is 72.5 Å². The summed E-state index contributed by atoms with van der Waals surface area (Å²) in [6, 6.07) is 26.2. The first-order chi connectivity index (χ1) is 14.7. The van der Waals surface area contributed by atoms with Crippen LogP contribution in [0.3, 0.4) is 0 Å². The lowest BCUT2D eigenvalue weighted by Crippen LogP contribution is -2.42. The van der Waals surface area contributed by atoms with Crippen molar-refractivity contribution in [3.63, 3.8) is 0 Å². The normalized spacial score (nSPS) is 10.2. The third-order valence-electron chi connectivity index (χ3n) is 4.33. The van der Waals surface area contributed by atoms with E-state index in [4.69, 9.17) is 21.7 Å². The lowest BCUT2D eigenvalue weighted by Gasteiger charge is -2.23. The molecule has 1 N–H and O–H groups in total. The summed E-state index contributed by atoms with van der Waals surface area (Å²) in [5.74, 6) is 1.22. The van der Waals surface area contributed by atoms with E-state index in [2.05, 4.69) is 5.32 Å². The predicted molar refractivity (Wildman–Crippen MR) is 123 cm³/mol. The van der Waals surface area contributed by atoms with Gasteiger partial charge >= 0.3 is 0 Å². The summed E-state index contributed by atoms with van der Waals surface area (Å²) in [5.41, 5.74) is 1.45. The molecule has 30 heavy (non-hydrogen) atoms. The van der Waals surface area contributed by atoms with Crippen molar-refractivity contribution in [2.75, 3.05) is 24.7 Å². The maximum Gasteiger partial charge on any atom is 0.257 e. The molecule has 0 saturated heterocycles. The van der Waals surface area contributed by atoms with E-state index in [9.17, 15) is 4.79 Å². The molecular weight excluding hydrogens is 396 g/mol. The fourth-order valence-electron chi connectivity index (χ4n) is 2.83. The first-order valence-electron chi connectivity index (χ1n) is 9.76. The summed E-state index contributed by atoms with van der Waals surface area (Å²) < 4.78 is 11.3. The highest BCUT2D eigenvalue weighted by molar-refractivity contribution is 7.80. The largest absolute Gasteiger partial charge is 0.490 e. The zero-order valence-electron chi connectivity index (χ0n) is 16.8. The average Bonchev–Trinajstić information content (AvgIpc) is 2.79. The maximum absolute atomic E-state index is 12.5. The van der Waals surface area contributed by atoms with E-state index in [1.54, 1.807) is 24.3 Å². The Morgan fingerprint density at radius 1 is 0.833 bits per heavy atom. The highest BCUT2D eigenvalue weighted by Gasteiger charge is 2.14. The van der Waals surface area contributed by atoms with E-state index in [-0.39, 0.29) is 5.91 Å². The molecule has 0 aliphatic carbocycles. The number of nitrogens with one attached hydrogen (secondary N) is 1. The monoisotopic (exact) mass is 420 g/mol. The van der Waals surface area contributed by atoms with Crippen LogP contribution in [-0.2, 0) is 0 Å². The minimum Gasteiger partial charge on any atom is -0.490 e. The fraction of sp³-hybridized carbons (Fsp3) is 0.167. The molecule has 0 fully saturated rings. The van der Waals surface area contributed by atoms with Crippen LogP contribution in [0, 0.1) is 0 Å². The summed E-state index contributed by atoms with van der Waals surface area (Å²) in [4.78, 5) is 14.4. The molecule has 1 amide bonds. The Morgan fingerprint density at radius 2 is 1.37 bits per heavy atom. The number of ether oxygens (including phenoxy) is 2. The molecule has 0 heterocycles. The van der Waals surface area contributed by atoms with Gasteiger partial charge in [0.05, 0.1) is 0 Å². The SMILES string of the molecule is CCN(C(=S)NC(=O)c1ccc(OCCOc2ccccc2)cc1)c1ccccc1. The van der Waals surface area contributed by atoms with Crippen molar-refractivity contribution in [3.8, 4) is 11.5 Å². The van der Waals surface area contributed by atoms with Crippen LogP contribution in [0.1, 0.15) is 17.3 Å². The number of hydrogen-bond donors (Lipinski definition) is 1. The number of anilines is 1. The Kier molecular flexibility index (Phi) is 7.80. The van der Waals surface area contributed by atoms with Crippen LogP contribution in [0.15, 0.2) is 84.9 Å². The third kappa shape index (κ3) is 6.06. The van der Waals surface area contributed by atoms with Gasteiger partial charge < -0.3 is 14.4 Å². The van der Waals surface area contributed by atoms with Crippen LogP contribution in [-0.4, -0.2) is 30.8 Å². The first kappa shape index (κ1) is 21.3. The minimum absolute atomic E-state index is 0.256. The number of para-hydroxylation sites is 2. The van der Waals surface area contributed by atoms with E-state index in [0.717, 1.165) is 11.4 Å². The van der Waals surface area contributed by atoms with Crippen LogP contribution in [0.5, 0.6) is 11.5 Å². The summed E-state index contributed by atoms with van der Waals surface area (Å²) in [5, 5.41) is 3.16. The smallest absolute Gasteiger partial charge is 0.257 e. The van der Waals surface area contributed by atoms with Gasteiger partial charge in [-0.3, -0.25) is 10.1 Å². The molecule has 3 rings (SSSR count). The summed E-state index contributed by atoms with van der Waals surface area (Å²) >= 11 is 5.42. The van der Waals surface area contributed by atoms with Crippen LogP contribution in [0.25, 0.3) is 0 Å². The zero-order chi connectivity index (χ0) is 21.2. The van der Waals surface area contributed by atoms with Crippen molar-refractivity contribution in [2.45, 2.75) is 6.92 Å². The fourth-order valence-corrected chi connectivity index (χ4v) is 3.15. The Hall–Kier alpha value is -3.38. The molecule has 0 unspecified atom stereocenters. The molecule has 0 aliphatic heterocycles. The number of rotatable bonds is 8. The highest BCUT2D eigenvalue weighted by atomic mass is 32.1. The minimum atomic E-state index is -0.256. The Labute approximate surface area is 182 Å². The van der Waals surface area contributed by atoms with Crippen LogP contribution in [0.2, 0.25) is 0 Å². The van der Waals surface area contributed by atoms with E-state index in [0.29, 0.717) is 36.2 Å². The molecule has 0 atom stereocenters. The van der Waals surface area contributed by atoms with E-state index < -0.39 is 0 Å². The number of nitrogens with zero attached hydrogens (tertiary/aromatic N) is 1. The Bertz CT molecular complexity index is 947. The van der Waals surface area contributed by atoms with E-state index >= 15 is 0 Å². The Morgan fingerprint density at radius 3 is 1.93 bits per heavy atom. The second-order valence-corrected chi connectivity index (χ2v) is 6.76. The molecule has 5 nitrogen and oxygen atoms in total. The van der Waals surface area contributed by atoms with Gasteiger partial charge in [-0.1, -0.05) is 36.4 Å². The molecule has 0 bridgehead atoms. The van der Waals surface area contributed by atoms with Crippen LogP contribution >= 0.6 is 12.2 Å². The topological polar surface area (TPSA) is 50.8 Å². The first-order valence-corrected chi connectivity index (χ1v) is 10.2. The summed E-state index contributed by atoms with van der Waals surface area (Å²) in [6.07, 6.45) is 0. The summed E-state index contributed by atoms with van der Waals surface area (Å²) in [7, 11) is 0. The second-order valence-electron chi connectivity index (χ2n) is 6.37. The average molecular weight is 421 g/mol. The molecule has 0 aromatic heterocycles. The van der Waals surface area contributed by atoms with Crippen LogP contribution in [0.4, 0.5) is 5.69 Å². The molecule has 0 aliphatic rings. The number of hydrogen-bond acceptors (Lipinski definition) is 4. The Balaban J connectivity index is 1.49. The quantitative estimate of drug-likeness (QED) is 0.423. The van der Waals surface area contributed by atoms with Crippen molar-refractivity contribution in [2.24, 2.45) is 0 Å². The van der Waals surface area contributed by atoms with Gasteiger partial charge in [0.15, 0.2) is 5.11 Å². The van der Waals surface area contributed by atoms with Crippen molar-refractivity contribution < 1.29 is 14.3 Å². The van der Waals surface area contributed by atoms with Crippen molar-refractivity contribution in [1.29, 1.82) is 0 Å². The lowest BCUT2D eigenvalue weighted by atomic mass is 10.2. The van der Waals surface area contributed by atoms with Gasteiger partial charge in [-0.05, 0) is 67.7 Å². The predicted octanol–water partition coefficient (Wildman–Crippen LogP) is 4.69.